The second kappa shape index (κ2) is 8.50. The molecule has 128 valence electrons. The maximum Gasteiger partial charge on any atom is 0.227 e. The zero-order chi connectivity index (χ0) is 17.5. The van der Waals surface area contributed by atoms with E-state index in [2.05, 4.69) is 5.32 Å². The van der Waals surface area contributed by atoms with E-state index in [1.165, 1.54) is 0 Å². The molecule has 0 aliphatic heterocycles. The van der Waals surface area contributed by atoms with Crippen LogP contribution in [0.4, 0.5) is 0 Å². The largest absolute Gasteiger partial charge is 0.497 e. The van der Waals surface area contributed by atoms with Crippen LogP contribution >= 0.6 is 0 Å². The predicted octanol–water partition coefficient (Wildman–Crippen LogP) is 3.43. The predicted molar refractivity (Wildman–Crippen MR) is 95.0 cm³/mol. The van der Waals surface area contributed by atoms with Crippen molar-refractivity contribution in [1.82, 2.24) is 5.32 Å². The third-order valence-electron chi connectivity index (χ3n) is 4.23. The van der Waals surface area contributed by atoms with E-state index in [1.807, 2.05) is 44.2 Å². The molecule has 2 aromatic rings. The summed E-state index contributed by atoms with van der Waals surface area (Å²) in [5.41, 5.74) is 1.74. The van der Waals surface area contributed by atoms with Gasteiger partial charge in [-0.25, -0.2) is 0 Å². The number of aliphatic hydroxyl groups is 1. The number of aliphatic hydroxyl groups excluding tert-OH is 1. The summed E-state index contributed by atoms with van der Waals surface area (Å²) in [6.07, 6.45) is -0.0607. The summed E-state index contributed by atoms with van der Waals surface area (Å²) in [4.78, 5) is 12.6. The number of carbonyl (C=O) groups is 1. The number of carbonyl (C=O) groups excluding carboxylic acids is 1. The lowest BCUT2D eigenvalue weighted by Gasteiger charge is -2.24. The van der Waals surface area contributed by atoms with Crippen LogP contribution in [-0.2, 0) is 4.79 Å². The van der Waals surface area contributed by atoms with Gasteiger partial charge in [0, 0.05) is 0 Å². The Morgan fingerprint density at radius 1 is 1.08 bits per heavy atom. The van der Waals surface area contributed by atoms with Crippen LogP contribution in [0.25, 0.3) is 0 Å². The summed E-state index contributed by atoms with van der Waals surface area (Å²) < 4.78 is 5.12. The molecule has 4 nitrogen and oxygen atoms in total. The number of hydrogen-bond acceptors (Lipinski definition) is 3. The quantitative estimate of drug-likeness (QED) is 0.819. The molecule has 2 rings (SSSR count). The van der Waals surface area contributed by atoms with Crippen LogP contribution in [0.15, 0.2) is 54.6 Å². The number of amides is 1. The monoisotopic (exact) mass is 327 g/mol. The standard InChI is InChI=1S/C20H25NO3/c1-4-18(15-8-6-5-7-9-15)20(23)21-14(2)19(22)16-10-12-17(24-3)13-11-16/h5-14,18-19,22H,4H2,1-3H3,(H,21,23). The van der Waals surface area contributed by atoms with E-state index in [-0.39, 0.29) is 17.9 Å². The maximum atomic E-state index is 12.6. The molecule has 0 fully saturated rings. The summed E-state index contributed by atoms with van der Waals surface area (Å²) in [6.45, 7) is 3.80. The van der Waals surface area contributed by atoms with Crippen LogP contribution in [0.5, 0.6) is 5.75 Å². The minimum absolute atomic E-state index is 0.0660. The molecule has 0 saturated heterocycles. The molecule has 0 aliphatic carbocycles. The Bertz CT molecular complexity index is 640. The lowest BCUT2D eigenvalue weighted by atomic mass is 9.94. The van der Waals surface area contributed by atoms with E-state index in [4.69, 9.17) is 4.74 Å². The van der Waals surface area contributed by atoms with Crippen molar-refractivity contribution in [2.45, 2.75) is 38.3 Å². The SMILES string of the molecule is CCC(C(=O)NC(C)C(O)c1ccc(OC)cc1)c1ccccc1. The van der Waals surface area contributed by atoms with Crippen LogP contribution in [0.3, 0.4) is 0 Å². The molecule has 2 aromatic carbocycles. The van der Waals surface area contributed by atoms with Crippen LogP contribution in [0, 0.1) is 0 Å². The van der Waals surface area contributed by atoms with Gasteiger partial charge < -0.3 is 15.2 Å². The van der Waals surface area contributed by atoms with Crippen LogP contribution in [-0.4, -0.2) is 24.2 Å². The van der Waals surface area contributed by atoms with Gasteiger partial charge in [-0.05, 0) is 36.6 Å². The van der Waals surface area contributed by atoms with Gasteiger partial charge in [0.25, 0.3) is 0 Å². The molecule has 0 aromatic heterocycles. The van der Waals surface area contributed by atoms with Crippen LogP contribution in [0.1, 0.15) is 43.4 Å². The third-order valence-corrected chi connectivity index (χ3v) is 4.23. The molecule has 0 saturated carbocycles. The minimum atomic E-state index is -0.770. The zero-order valence-electron chi connectivity index (χ0n) is 14.4. The van der Waals surface area contributed by atoms with Crippen molar-refractivity contribution >= 4 is 5.91 Å². The van der Waals surface area contributed by atoms with Gasteiger partial charge in [-0.1, -0.05) is 49.4 Å². The second-order valence-electron chi connectivity index (χ2n) is 5.89. The first-order valence-electron chi connectivity index (χ1n) is 8.24. The number of ether oxygens (including phenoxy) is 1. The normalized spacial score (nSPS) is 14.5. The van der Waals surface area contributed by atoms with Crippen molar-refractivity contribution in [3.63, 3.8) is 0 Å². The molecule has 0 aliphatic rings. The second-order valence-corrected chi connectivity index (χ2v) is 5.89. The van der Waals surface area contributed by atoms with E-state index in [0.717, 1.165) is 16.9 Å². The number of nitrogens with one attached hydrogen (secondary N) is 1. The fourth-order valence-corrected chi connectivity index (χ4v) is 2.75. The van der Waals surface area contributed by atoms with Gasteiger partial charge in [0.2, 0.25) is 5.91 Å². The van der Waals surface area contributed by atoms with Crippen molar-refractivity contribution in [2.24, 2.45) is 0 Å². The molecular formula is C20H25NO3. The summed E-state index contributed by atoms with van der Waals surface area (Å²) in [5, 5.41) is 13.4. The Balaban J connectivity index is 2.03. The molecular weight excluding hydrogens is 302 g/mol. The number of rotatable bonds is 7. The molecule has 0 heterocycles. The van der Waals surface area contributed by atoms with Crippen LogP contribution < -0.4 is 10.1 Å². The highest BCUT2D eigenvalue weighted by Gasteiger charge is 2.23. The molecule has 2 N–H and O–H groups in total. The van der Waals surface area contributed by atoms with Crippen molar-refractivity contribution < 1.29 is 14.6 Å². The average Bonchev–Trinajstić information content (AvgIpc) is 2.62. The Labute approximate surface area is 143 Å². The summed E-state index contributed by atoms with van der Waals surface area (Å²) >= 11 is 0. The Kier molecular flexibility index (Phi) is 6.38. The fourth-order valence-electron chi connectivity index (χ4n) is 2.75. The Morgan fingerprint density at radius 2 is 1.71 bits per heavy atom. The van der Waals surface area contributed by atoms with E-state index in [9.17, 15) is 9.90 Å². The average molecular weight is 327 g/mol. The highest BCUT2D eigenvalue weighted by molar-refractivity contribution is 5.83. The fraction of sp³-hybridized carbons (Fsp3) is 0.350. The number of hydrogen-bond donors (Lipinski definition) is 2. The summed E-state index contributed by atoms with van der Waals surface area (Å²) in [5.74, 6) is 0.457. The van der Waals surface area contributed by atoms with Gasteiger partial charge in [0.1, 0.15) is 5.75 Å². The number of methoxy groups -OCH3 is 1. The topological polar surface area (TPSA) is 58.6 Å². The summed E-state index contributed by atoms with van der Waals surface area (Å²) in [6, 6.07) is 16.5. The summed E-state index contributed by atoms with van der Waals surface area (Å²) in [7, 11) is 1.60. The van der Waals surface area contributed by atoms with Crippen LogP contribution in [0.2, 0.25) is 0 Å². The molecule has 1 amide bonds. The highest BCUT2D eigenvalue weighted by Crippen LogP contribution is 2.23. The van der Waals surface area contributed by atoms with Crippen molar-refractivity contribution in [2.75, 3.05) is 7.11 Å². The van der Waals surface area contributed by atoms with Gasteiger partial charge in [-0.2, -0.15) is 0 Å². The zero-order valence-corrected chi connectivity index (χ0v) is 14.4. The first-order chi connectivity index (χ1) is 11.6. The van der Waals surface area contributed by atoms with Crippen molar-refractivity contribution in [1.29, 1.82) is 0 Å². The van der Waals surface area contributed by atoms with Crippen molar-refractivity contribution in [3.8, 4) is 5.75 Å². The van der Waals surface area contributed by atoms with E-state index < -0.39 is 6.10 Å². The Hall–Kier alpha value is -2.33. The molecule has 0 radical (unpaired) electrons. The van der Waals surface area contributed by atoms with E-state index >= 15 is 0 Å². The minimum Gasteiger partial charge on any atom is -0.497 e. The Morgan fingerprint density at radius 3 is 2.25 bits per heavy atom. The maximum absolute atomic E-state index is 12.6. The van der Waals surface area contributed by atoms with Gasteiger partial charge in [0.15, 0.2) is 0 Å². The smallest absolute Gasteiger partial charge is 0.227 e. The lowest BCUT2D eigenvalue weighted by Crippen LogP contribution is -2.39. The highest BCUT2D eigenvalue weighted by atomic mass is 16.5. The van der Waals surface area contributed by atoms with Gasteiger partial charge >= 0.3 is 0 Å². The van der Waals surface area contributed by atoms with Crippen molar-refractivity contribution in [3.05, 3.63) is 65.7 Å². The third kappa shape index (κ3) is 4.36. The molecule has 3 atom stereocenters. The van der Waals surface area contributed by atoms with E-state index in [1.54, 1.807) is 31.4 Å². The first-order valence-corrected chi connectivity index (χ1v) is 8.24. The molecule has 3 unspecified atom stereocenters. The van der Waals surface area contributed by atoms with Gasteiger partial charge in [-0.15, -0.1) is 0 Å². The van der Waals surface area contributed by atoms with Gasteiger partial charge in [-0.3, -0.25) is 4.79 Å². The molecule has 24 heavy (non-hydrogen) atoms. The van der Waals surface area contributed by atoms with E-state index in [0.29, 0.717) is 6.42 Å². The number of benzene rings is 2. The molecule has 4 heteroatoms. The molecule has 0 bridgehead atoms. The first kappa shape index (κ1) is 18.0. The lowest BCUT2D eigenvalue weighted by molar-refractivity contribution is -0.124. The van der Waals surface area contributed by atoms with Gasteiger partial charge in [0.05, 0.1) is 25.2 Å². The molecule has 0 spiro atoms.